The van der Waals surface area contributed by atoms with Gasteiger partial charge in [0, 0.05) is 0 Å². The van der Waals surface area contributed by atoms with Gasteiger partial charge in [-0.1, -0.05) is 53.6 Å². The Morgan fingerprint density at radius 2 is 1.41 bits per heavy atom. The van der Waals surface area contributed by atoms with E-state index in [9.17, 15) is 0 Å². The largest absolute Gasteiger partial charge is 0.113 e. The van der Waals surface area contributed by atoms with Crippen molar-refractivity contribution in [2.45, 2.75) is 26.1 Å². The molecule has 0 spiro atoms. The minimum Gasteiger partial charge on any atom is -0.113 e. The van der Waals surface area contributed by atoms with Crippen LogP contribution in [-0.4, -0.2) is 0 Å². The van der Waals surface area contributed by atoms with Crippen LogP contribution in [0.3, 0.4) is 0 Å². The zero-order valence-corrected chi connectivity index (χ0v) is 11.3. The first kappa shape index (κ1) is 12.2. The SMILES string of the molecule is Cc1ccc(C(Cl)c2ccc(C)cc2C)cc1. The lowest BCUT2D eigenvalue weighted by Gasteiger charge is -2.14. The molecule has 0 nitrogen and oxygen atoms in total. The van der Waals surface area contributed by atoms with Crippen LogP contribution in [0, 0.1) is 20.8 Å². The Morgan fingerprint density at radius 3 is 2.00 bits per heavy atom. The highest BCUT2D eigenvalue weighted by Crippen LogP contribution is 2.31. The van der Waals surface area contributed by atoms with Gasteiger partial charge in [0.2, 0.25) is 0 Å². The number of alkyl halides is 1. The van der Waals surface area contributed by atoms with E-state index in [0.717, 1.165) is 5.56 Å². The predicted molar refractivity (Wildman–Crippen MR) is 74.8 cm³/mol. The Kier molecular flexibility index (Phi) is 3.54. The highest BCUT2D eigenvalue weighted by atomic mass is 35.5. The van der Waals surface area contributed by atoms with Gasteiger partial charge in [0.15, 0.2) is 0 Å². The van der Waals surface area contributed by atoms with E-state index in [2.05, 4.69) is 63.2 Å². The van der Waals surface area contributed by atoms with Crippen molar-refractivity contribution in [1.29, 1.82) is 0 Å². The molecule has 0 amide bonds. The van der Waals surface area contributed by atoms with Crippen molar-refractivity contribution in [3.05, 3.63) is 70.3 Å². The van der Waals surface area contributed by atoms with Gasteiger partial charge in [0.1, 0.15) is 0 Å². The lowest BCUT2D eigenvalue weighted by atomic mass is 9.98. The maximum absolute atomic E-state index is 6.54. The molecule has 0 aliphatic heterocycles. The summed E-state index contributed by atoms with van der Waals surface area (Å²) < 4.78 is 0. The summed E-state index contributed by atoms with van der Waals surface area (Å²) in [6.07, 6.45) is 0. The van der Waals surface area contributed by atoms with Gasteiger partial charge in [-0.2, -0.15) is 0 Å². The molecule has 0 aliphatic rings. The second-order valence-corrected chi connectivity index (χ2v) is 5.07. The van der Waals surface area contributed by atoms with Crippen molar-refractivity contribution in [2.24, 2.45) is 0 Å². The molecule has 17 heavy (non-hydrogen) atoms. The Labute approximate surface area is 108 Å². The molecule has 1 heteroatoms. The van der Waals surface area contributed by atoms with Crippen molar-refractivity contribution in [1.82, 2.24) is 0 Å². The smallest absolute Gasteiger partial charge is 0.0838 e. The van der Waals surface area contributed by atoms with Crippen molar-refractivity contribution in [3.63, 3.8) is 0 Å². The van der Waals surface area contributed by atoms with Gasteiger partial charge in [-0.15, -0.1) is 11.6 Å². The van der Waals surface area contributed by atoms with Crippen LogP contribution in [0.15, 0.2) is 42.5 Å². The Hall–Kier alpha value is -1.27. The van der Waals surface area contributed by atoms with Crippen LogP contribution in [-0.2, 0) is 0 Å². The van der Waals surface area contributed by atoms with Crippen molar-refractivity contribution in [3.8, 4) is 0 Å². The third-order valence-corrected chi connectivity index (χ3v) is 3.56. The molecule has 0 aliphatic carbocycles. The summed E-state index contributed by atoms with van der Waals surface area (Å²) in [5.74, 6) is 0. The molecule has 0 bridgehead atoms. The molecular formula is C16H17Cl. The van der Waals surface area contributed by atoms with Crippen LogP contribution in [0.2, 0.25) is 0 Å². The minimum absolute atomic E-state index is 0.0591. The van der Waals surface area contributed by atoms with Crippen molar-refractivity contribution in [2.75, 3.05) is 0 Å². The molecule has 0 aromatic heterocycles. The van der Waals surface area contributed by atoms with E-state index < -0.39 is 0 Å². The summed E-state index contributed by atoms with van der Waals surface area (Å²) in [5.41, 5.74) is 6.15. The number of halogens is 1. The topological polar surface area (TPSA) is 0 Å². The van der Waals surface area contributed by atoms with Gasteiger partial charge in [-0.05, 0) is 37.5 Å². The van der Waals surface area contributed by atoms with E-state index in [1.807, 2.05) is 0 Å². The molecule has 88 valence electrons. The van der Waals surface area contributed by atoms with E-state index in [1.165, 1.54) is 22.3 Å². The molecule has 0 heterocycles. The number of rotatable bonds is 2. The predicted octanol–water partition coefficient (Wildman–Crippen LogP) is 4.94. The highest BCUT2D eigenvalue weighted by Gasteiger charge is 2.12. The fraction of sp³-hybridized carbons (Fsp3) is 0.250. The van der Waals surface area contributed by atoms with Crippen LogP contribution >= 0.6 is 11.6 Å². The molecule has 1 unspecified atom stereocenters. The van der Waals surface area contributed by atoms with Gasteiger partial charge in [-0.3, -0.25) is 0 Å². The highest BCUT2D eigenvalue weighted by molar-refractivity contribution is 6.22. The molecule has 0 N–H and O–H groups in total. The monoisotopic (exact) mass is 244 g/mol. The molecule has 0 radical (unpaired) electrons. The van der Waals surface area contributed by atoms with Crippen molar-refractivity contribution >= 4 is 11.6 Å². The van der Waals surface area contributed by atoms with E-state index in [0.29, 0.717) is 0 Å². The Bertz CT molecular complexity index is 512. The Morgan fingerprint density at radius 1 is 0.824 bits per heavy atom. The van der Waals surface area contributed by atoms with Crippen LogP contribution < -0.4 is 0 Å². The Balaban J connectivity index is 2.36. The summed E-state index contributed by atoms with van der Waals surface area (Å²) in [5, 5.41) is -0.0591. The lowest BCUT2D eigenvalue weighted by Crippen LogP contribution is -1.96. The average Bonchev–Trinajstić information content (AvgIpc) is 2.29. The number of aryl methyl sites for hydroxylation is 3. The normalized spacial score (nSPS) is 12.5. The van der Waals surface area contributed by atoms with E-state index >= 15 is 0 Å². The molecule has 2 rings (SSSR count). The molecule has 2 aromatic carbocycles. The summed E-state index contributed by atoms with van der Waals surface area (Å²) in [4.78, 5) is 0. The van der Waals surface area contributed by atoms with Gasteiger partial charge in [0.05, 0.1) is 5.38 Å². The fourth-order valence-electron chi connectivity index (χ4n) is 2.02. The van der Waals surface area contributed by atoms with E-state index in [1.54, 1.807) is 0 Å². The summed E-state index contributed by atoms with van der Waals surface area (Å²) in [6.45, 7) is 6.31. The molecule has 0 fully saturated rings. The second kappa shape index (κ2) is 4.93. The summed E-state index contributed by atoms with van der Waals surface area (Å²) in [7, 11) is 0. The van der Waals surface area contributed by atoms with Crippen LogP contribution in [0.4, 0.5) is 0 Å². The molecule has 1 atom stereocenters. The fourth-order valence-corrected chi connectivity index (χ4v) is 2.42. The van der Waals surface area contributed by atoms with E-state index in [4.69, 9.17) is 11.6 Å². The van der Waals surface area contributed by atoms with Gasteiger partial charge < -0.3 is 0 Å². The second-order valence-electron chi connectivity index (χ2n) is 4.63. The maximum atomic E-state index is 6.54. The minimum atomic E-state index is -0.0591. The number of benzene rings is 2. The molecular weight excluding hydrogens is 228 g/mol. The quantitative estimate of drug-likeness (QED) is 0.657. The zero-order valence-electron chi connectivity index (χ0n) is 10.5. The summed E-state index contributed by atoms with van der Waals surface area (Å²) in [6, 6.07) is 14.8. The third-order valence-electron chi connectivity index (χ3n) is 3.07. The van der Waals surface area contributed by atoms with Gasteiger partial charge in [-0.25, -0.2) is 0 Å². The summed E-state index contributed by atoms with van der Waals surface area (Å²) >= 11 is 6.54. The zero-order chi connectivity index (χ0) is 12.4. The van der Waals surface area contributed by atoms with Gasteiger partial charge in [0.25, 0.3) is 0 Å². The third kappa shape index (κ3) is 2.70. The average molecular weight is 245 g/mol. The van der Waals surface area contributed by atoms with Gasteiger partial charge >= 0.3 is 0 Å². The molecule has 0 saturated heterocycles. The molecule has 0 saturated carbocycles. The molecule has 2 aromatic rings. The first-order valence-corrected chi connectivity index (χ1v) is 6.29. The van der Waals surface area contributed by atoms with Crippen LogP contribution in [0.1, 0.15) is 33.2 Å². The standard InChI is InChI=1S/C16H17Cl/c1-11-4-7-14(8-5-11)16(17)15-9-6-12(2)10-13(15)3/h4-10,16H,1-3H3. The van der Waals surface area contributed by atoms with Crippen LogP contribution in [0.25, 0.3) is 0 Å². The van der Waals surface area contributed by atoms with Crippen molar-refractivity contribution < 1.29 is 0 Å². The maximum Gasteiger partial charge on any atom is 0.0838 e. The number of hydrogen-bond donors (Lipinski definition) is 0. The lowest BCUT2D eigenvalue weighted by molar-refractivity contribution is 1.10. The first-order valence-electron chi connectivity index (χ1n) is 5.85. The van der Waals surface area contributed by atoms with Crippen LogP contribution in [0.5, 0.6) is 0 Å². The first-order chi connectivity index (χ1) is 8.08. The number of hydrogen-bond acceptors (Lipinski definition) is 0. The van der Waals surface area contributed by atoms with E-state index in [-0.39, 0.29) is 5.38 Å².